The Morgan fingerprint density at radius 3 is 2.68 bits per heavy atom. The van der Waals surface area contributed by atoms with Crippen LogP contribution in [0, 0.1) is 0 Å². The van der Waals surface area contributed by atoms with Crippen molar-refractivity contribution in [3.05, 3.63) is 29.6 Å². The lowest BCUT2D eigenvalue weighted by molar-refractivity contribution is 0.0690. The van der Waals surface area contributed by atoms with E-state index in [0.29, 0.717) is 6.54 Å². The first kappa shape index (κ1) is 14.9. The molecule has 0 saturated heterocycles. The number of pyridine rings is 1. The second-order valence-corrected chi connectivity index (χ2v) is 3.97. The number of nitrogens with zero attached hydrogens (tertiary/aromatic N) is 1. The molecule has 0 fully saturated rings. The molecule has 3 N–H and O–H groups in total. The van der Waals surface area contributed by atoms with E-state index in [0.717, 1.165) is 5.56 Å². The molecule has 0 spiro atoms. The maximum absolute atomic E-state index is 11.4. The Morgan fingerprint density at radius 1 is 1.42 bits per heavy atom. The molecule has 1 aromatic rings. The predicted octanol–water partition coefficient (Wildman–Crippen LogP) is 0.614. The molecule has 104 valence electrons. The molecule has 1 unspecified atom stereocenters. The third kappa shape index (κ3) is 5.35. The average molecular weight is 267 g/mol. The molecular formula is C12H17N3O4. The summed E-state index contributed by atoms with van der Waals surface area (Å²) in [5.41, 5.74) is 0.696. The van der Waals surface area contributed by atoms with Crippen molar-refractivity contribution in [2.75, 3.05) is 13.7 Å². The first-order chi connectivity index (χ1) is 9.02. The molecule has 1 rings (SSSR count). The summed E-state index contributed by atoms with van der Waals surface area (Å²) in [5.74, 6) is -1.08. The number of amides is 2. The van der Waals surface area contributed by atoms with Crippen molar-refractivity contribution in [2.45, 2.75) is 19.6 Å². The normalized spacial score (nSPS) is 11.7. The van der Waals surface area contributed by atoms with Crippen LogP contribution in [0.3, 0.4) is 0 Å². The highest BCUT2D eigenvalue weighted by Gasteiger charge is 2.06. The van der Waals surface area contributed by atoms with Crippen LogP contribution in [-0.2, 0) is 11.3 Å². The van der Waals surface area contributed by atoms with Gasteiger partial charge in [-0.05, 0) is 18.6 Å². The summed E-state index contributed by atoms with van der Waals surface area (Å²) in [6.45, 7) is 2.54. The number of carbonyl (C=O) groups is 2. The second-order valence-electron chi connectivity index (χ2n) is 3.97. The van der Waals surface area contributed by atoms with Crippen molar-refractivity contribution in [3.63, 3.8) is 0 Å². The Labute approximate surface area is 111 Å². The van der Waals surface area contributed by atoms with Crippen LogP contribution in [0.15, 0.2) is 18.3 Å². The molecule has 0 radical (unpaired) electrons. The average Bonchev–Trinajstić information content (AvgIpc) is 2.42. The number of aromatic nitrogens is 1. The number of hydrogen-bond donors (Lipinski definition) is 3. The monoisotopic (exact) mass is 267 g/mol. The van der Waals surface area contributed by atoms with Gasteiger partial charge in [-0.25, -0.2) is 14.6 Å². The molecule has 7 nitrogen and oxygen atoms in total. The Kier molecular flexibility index (Phi) is 5.74. The zero-order chi connectivity index (χ0) is 14.3. The van der Waals surface area contributed by atoms with Gasteiger partial charge in [-0.1, -0.05) is 6.07 Å². The van der Waals surface area contributed by atoms with E-state index in [1.807, 2.05) is 6.92 Å². The number of methoxy groups -OCH3 is 1. The first-order valence-electron chi connectivity index (χ1n) is 5.75. The lowest BCUT2D eigenvalue weighted by atomic mass is 10.2. The molecule has 0 aromatic carbocycles. The lowest BCUT2D eigenvalue weighted by Crippen LogP contribution is -2.39. The summed E-state index contributed by atoms with van der Waals surface area (Å²) in [4.78, 5) is 25.8. The summed E-state index contributed by atoms with van der Waals surface area (Å²) in [6.07, 6.45) is 1.36. The van der Waals surface area contributed by atoms with Gasteiger partial charge in [0.1, 0.15) is 5.69 Å². The lowest BCUT2D eigenvalue weighted by Gasteiger charge is -2.11. The summed E-state index contributed by atoms with van der Waals surface area (Å²) < 4.78 is 4.99. The molecule has 0 aliphatic carbocycles. The number of nitrogens with one attached hydrogen (secondary N) is 2. The second kappa shape index (κ2) is 7.32. The van der Waals surface area contributed by atoms with Gasteiger partial charge in [-0.2, -0.15) is 0 Å². The smallest absolute Gasteiger partial charge is 0.354 e. The zero-order valence-electron chi connectivity index (χ0n) is 10.8. The van der Waals surface area contributed by atoms with E-state index in [1.54, 1.807) is 13.2 Å². The van der Waals surface area contributed by atoms with E-state index in [4.69, 9.17) is 9.84 Å². The molecule has 0 aliphatic heterocycles. The molecular weight excluding hydrogens is 250 g/mol. The fourth-order valence-electron chi connectivity index (χ4n) is 1.22. The highest BCUT2D eigenvalue weighted by atomic mass is 16.5. The molecule has 1 heterocycles. The number of urea groups is 1. The Bertz CT molecular complexity index is 433. The standard InChI is InChI=1S/C12H17N3O4/c1-8(19-2)5-14-12(18)15-7-9-3-4-10(11(16)17)13-6-9/h3-4,6,8H,5,7H2,1-2H3,(H,16,17)(H2,14,15,18). The van der Waals surface area contributed by atoms with Crippen molar-refractivity contribution in [1.29, 1.82) is 0 Å². The van der Waals surface area contributed by atoms with Gasteiger partial charge in [0.15, 0.2) is 0 Å². The minimum Gasteiger partial charge on any atom is -0.477 e. The topological polar surface area (TPSA) is 101 Å². The number of hydrogen-bond acceptors (Lipinski definition) is 4. The fraction of sp³-hybridized carbons (Fsp3) is 0.417. The van der Waals surface area contributed by atoms with Crippen LogP contribution in [0.1, 0.15) is 23.0 Å². The fourth-order valence-corrected chi connectivity index (χ4v) is 1.22. The van der Waals surface area contributed by atoms with Crippen LogP contribution in [0.4, 0.5) is 4.79 Å². The van der Waals surface area contributed by atoms with Crippen molar-refractivity contribution < 1.29 is 19.4 Å². The third-order valence-electron chi connectivity index (χ3n) is 2.45. The molecule has 2 amide bonds. The predicted molar refractivity (Wildman–Crippen MR) is 67.9 cm³/mol. The molecule has 7 heteroatoms. The van der Waals surface area contributed by atoms with Gasteiger partial charge in [-0.15, -0.1) is 0 Å². The molecule has 0 saturated carbocycles. The molecule has 1 aromatic heterocycles. The van der Waals surface area contributed by atoms with E-state index in [2.05, 4.69) is 15.6 Å². The maximum atomic E-state index is 11.4. The Morgan fingerprint density at radius 2 is 2.16 bits per heavy atom. The highest BCUT2D eigenvalue weighted by molar-refractivity contribution is 5.85. The number of carboxylic acid groups (broad SMARTS) is 1. The van der Waals surface area contributed by atoms with Crippen LogP contribution >= 0.6 is 0 Å². The summed E-state index contributed by atoms with van der Waals surface area (Å²) >= 11 is 0. The summed E-state index contributed by atoms with van der Waals surface area (Å²) in [5, 5.41) is 14.0. The Balaban J connectivity index is 2.35. The number of carbonyl (C=O) groups excluding carboxylic acids is 1. The van der Waals surface area contributed by atoms with Gasteiger partial charge in [0.2, 0.25) is 0 Å². The van der Waals surface area contributed by atoms with Crippen molar-refractivity contribution in [2.24, 2.45) is 0 Å². The van der Waals surface area contributed by atoms with Crippen LogP contribution in [0.25, 0.3) is 0 Å². The Hall–Kier alpha value is -2.15. The molecule has 0 bridgehead atoms. The van der Waals surface area contributed by atoms with Gasteiger partial charge in [-0.3, -0.25) is 0 Å². The number of ether oxygens (including phenoxy) is 1. The van der Waals surface area contributed by atoms with Crippen molar-refractivity contribution >= 4 is 12.0 Å². The van der Waals surface area contributed by atoms with Crippen LogP contribution in [0.2, 0.25) is 0 Å². The van der Waals surface area contributed by atoms with Gasteiger partial charge >= 0.3 is 12.0 Å². The van der Waals surface area contributed by atoms with E-state index >= 15 is 0 Å². The minimum atomic E-state index is -1.08. The van der Waals surface area contributed by atoms with Crippen molar-refractivity contribution in [3.8, 4) is 0 Å². The van der Waals surface area contributed by atoms with Gasteiger partial charge in [0, 0.05) is 26.4 Å². The van der Waals surface area contributed by atoms with Gasteiger partial charge in [0.05, 0.1) is 6.10 Å². The first-order valence-corrected chi connectivity index (χ1v) is 5.75. The summed E-state index contributed by atoms with van der Waals surface area (Å²) in [7, 11) is 1.57. The zero-order valence-corrected chi connectivity index (χ0v) is 10.8. The van der Waals surface area contributed by atoms with E-state index in [-0.39, 0.29) is 24.4 Å². The third-order valence-corrected chi connectivity index (χ3v) is 2.45. The van der Waals surface area contributed by atoms with Crippen LogP contribution in [-0.4, -0.2) is 41.8 Å². The molecule has 0 aliphatic rings. The highest BCUT2D eigenvalue weighted by Crippen LogP contribution is 2.00. The molecule has 19 heavy (non-hydrogen) atoms. The molecule has 1 atom stereocenters. The van der Waals surface area contributed by atoms with Crippen molar-refractivity contribution in [1.82, 2.24) is 15.6 Å². The van der Waals surface area contributed by atoms with E-state index < -0.39 is 5.97 Å². The summed E-state index contributed by atoms with van der Waals surface area (Å²) in [6, 6.07) is 2.69. The maximum Gasteiger partial charge on any atom is 0.354 e. The number of carboxylic acids is 1. The van der Waals surface area contributed by atoms with Gasteiger partial charge in [0.25, 0.3) is 0 Å². The largest absolute Gasteiger partial charge is 0.477 e. The van der Waals surface area contributed by atoms with Crippen LogP contribution in [0.5, 0.6) is 0 Å². The van der Waals surface area contributed by atoms with Gasteiger partial charge < -0.3 is 20.5 Å². The van der Waals surface area contributed by atoms with E-state index in [9.17, 15) is 9.59 Å². The van der Waals surface area contributed by atoms with E-state index in [1.165, 1.54) is 12.3 Å². The number of aromatic carboxylic acids is 1. The quantitative estimate of drug-likeness (QED) is 0.701. The van der Waals surface area contributed by atoms with Crippen LogP contribution < -0.4 is 10.6 Å². The minimum absolute atomic E-state index is 0.0258. The number of rotatable bonds is 6. The SMILES string of the molecule is COC(C)CNC(=O)NCc1ccc(C(=O)O)nc1.